The quantitative estimate of drug-likeness (QED) is 0.702. The van der Waals surface area contributed by atoms with Crippen LogP contribution in [0.4, 0.5) is 0 Å². The van der Waals surface area contributed by atoms with Crippen molar-refractivity contribution in [1.29, 1.82) is 0 Å². The monoisotopic (exact) mass is 382 g/mol. The predicted molar refractivity (Wildman–Crippen MR) is 98.5 cm³/mol. The van der Waals surface area contributed by atoms with Gasteiger partial charge >= 0.3 is 0 Å². The Labute approximate surface area is 159 Å². The lowest BCUT2D eigenvalue weighted by molar-refractivity contribution is -0.124. The van der Waals surface area contributed by atoms with Crippen molar-refractivity contribution in [3.8, 4) is 0 Å². The number of pyridine rings is 1. The number of carbonyl (C=O) groups is 3. The number of hydrogen-bond acceptors (Lipinski definition) is 4. The lowest BCUT2D eigenvalue weighted by Gasteiger charge is -2.21. The third kappa shape index (κ3) is 2.96. The number of benzene rings is 1. The van der Waals surface area contributed by atoms with E-state index in [1.165, 1.54) is 6.92 Å². The molecule has 2 aromatic heterocycles. The molecule has 1 N–H and O–H groups in total. The van der Waals surface area contributed by atoms with Crippen LogP contribution < -0.4 is 5.32 Å². The number of nitrogens with one attached hydrogen (secondary N) is 1. The normalized spacial score (nSPS) is 14.5. The van der Waals surface area contributed by atoms with Crippen molar-refractivity contribution in [1.82, 2.24) is 19.6 Å². The van der Waals surface area contributed by atoms with Crippen LogP contribution >= 0.6 is 11.6 Å². The van der Waals surface area contributed by atoms with Crippen LogP contribution in [-0.4, -0.2) is 38.0 Å². The number of fused-ring (bicyclic) bond motifs is 2. The van der Waals surface area contributed by atoms with Gasteiger partial charge in [0, 0.05) is 17.4 Å². The molecule has 1 aromatic carbocycles. The molecule has 27 heavy (non-hydrogen) atoms. The number of halogens is 1. The summed E-state index contributed by atoms with van der Waals surface area (Å²) in [6, 6.07) is 9.08. The average Bonchev–Trinajstić information content (AvgIpc) is 3.18. The maximum Gasteiger partial charge on any atom is 0.262 e. The SMILES string of the molecule is CC(C(=O)NCc1cn2ccc(Cl)cc2n1)N1C(=O)c2ccccc2C1=O. The number of imide groups is 1. The highest BCUT2D eigenvalue weighted by atomic mass is 35.5. The molecule has 1 aliphatic heterocycles. The van der Waals surface area contributed by atoms with Gasteiger partial charge in [-0.1, -0.05) is 23.7 Å². The minimum atomic E-state index is -0.927. The molecular formula is C19H15ClN4O3. The Kier molecular flexibility index (Phi) is 4.16. The highest BCUT2D eigenvalue weighted by Gasteiger charge is 2.40. The van der Waals surface area contributed by atoms with Gasteiger partial charge in [0.2, 0.25) is 5.91 Å². The van der Waals surface area contributed by atoms with Gasteiger partial charge < -0.3 is 9.72 Å². The fraction of sp³-hybridized carbons (Fsp3) is 0.158. The first-order chi connectivity index (χ1) is 13.0. The fourth-order valence-corrected chi connectivity index (χ4v) is 3.25. The van der Waals surface area contributed by atoms with Crippen LogP contribution in [-0.2, 0) is 11.3 Å². The second kappa shape index (κ2) is 6.51. The van der Waals surface area contributed by atoms with E-state index in [1.807, 2.05) is 0 Å². The summed E-state index contributed by atoms with van der Waals surface area (Å²) < 4.78 is 1.79. The van der Waals surface area contributed by atoms with Gasteiger partial charge in [0.1, 0.15) is 11.7 Å². The molecule has 0 radical (unpaired) electrons. The largest absolute Gasteiger partial charge is 0.349 e. The average molecular weight is 383 g/mol. The highest BCUT2D eigenvalue weighted by molar-refractivity contribution is 6.30. The summed E-state index contributed by atoms with van der Waals surface area (Å²) in [5, 5.41) is 3.30. The van der Waals surface area contributed by atoms with Crippen LogP contribution in [0.3, 0.4) is 0 Å². The first-order valence-corrected chi connectivity index (χ1v) is 8.71. The number of aromatic nitrogens is 2. The summed E-state index contributed by atoms with van der Waals surface area (Å²) in [6.07, 6.45) is 3.55. The molecule has 136 valence electrons. The summed E-state index contributed by atoms with van der Waals surface area (Å²) in [5.41, 5.74) is 1.94. The second-order valence-corrected chi connectivity index (χ2v) is 6.70. The highest BCUT2D eigenvalue weighted by Crippen LogP contribution is 2.24. The molecule has 0 saturated carbocycles. The maximum atomic E-state index is 12.5. The second-order valence-electron chi connectivity index (χ2n) is 6.26. The van der Waals surface area contributed by atoms with Gasteiger partial charge in [0.25, 0.3) is 11.8 Å². The molecule has 3 heterocycles. The minimum Gasteiger partial charge on any atom is -0.349 e. The molecular weight excluding hydrogens is 368 g/mol. The first-order valence-electron chi connectivity index (χ1n) is 8.33. The van der Waals surface area contributed by atoms with Crippen LogP contribution in [0.15, 0.2) is 48.8 Å². The zero-order valence-corrected chi connectivity index (χ0v) is 15.1. The van der Waals surface area contributed by atoms with Crippen LogP contribution in [0.5, 0.6) is 0 Å². The summed E-state index contributed by atoms with van der Waals surface area (Å²) in [7, 11) is 0. The van der Waals surface area contributed by atoms with Crippen molar-refractivity contribution in [2.24, 2.45) is 0 Å². The molecule has 8 heteroatoms. The molecule has 0 spiro atoms. The number of hydrogen-bond donors (Lipinski definition) is 1. The number of nitrogens with zero attached hydrogens (tertiary/aromatic N) is 3. The van der Waals surface area contributed by atoms with Crippen molar-refractivity contribution < 1.29 is 14.4 Å². The molecule has 4 rings (SSSR count). The standard InChI is InChI=1S/C19H15ClN4O3/c1-11(24-18(26)14-4-2-3-5-15(14)19(24)27)17(25)21-9-13-10-23-7-6-12(20)8-16(23)22-13/h2-8,10-11H,9H2,1H3,(H,21,25). The Morgan fingerprint density at radius 2 is 1.85 bits per heavy atom. The van der Waals surface area contributed by atoms with E-state index in [4.69, 9.17) is 11.6 Å². The summed E-state index contributed by atoms with van der Waals surface area (Å²) in [5.74, 6) is -1.35. The smallest absolute Gasteiger partial charge is 0.262 e. The van der Waals surface area contributed by atoms with E-state index in [0.717, 1.165) is 4.90 Å². The summed E-state index contributed by atoms with van der Waals surface area (Å²) >= 11 is 5.94. The molecule has 0 saturated heterocycles. The molecule has 1 unspecified atom stereocenters. The van der Waals surface area contributed by atoms with Gasteiger partial charge in [0.15, 0.2) is 0 Å². The third-order valence-corrected chi connectivity index (χ3v) is 4.74. The van der Waals surface area contributed by atoms with E-state index in [9.17, 15) is 14.4 Å². The van der Waals surface area contributed by atoms with E-state index in [1.54, 1.807) is 53.2 Å². The summed E-state index contributed by atoms with van der Waals surface area (Å²) in [6.45, 7) is 1.70. The molecule has 0 bridgehead atoms. The van der Waals surface area contributed by atoms with Crippen LogP contribution in [0, 0.1) is 0 Å². The maximum absolute atomic E-state index is 12.5. The lowest BCUT2D eigenvalue weighted by atomic mass is 10.1. The van der Waals surface area contributed by atoms with Gasteiger partial charge in [-0.15, -0.1) is 0 Å². The van der Waals surface area contributed by atoms with E-state index in [0.29, 0.717) is 27.5 Å². The van der Waals surface area contributed by atoms with Gasteiger partial charge in [-0.2, -0.15) is 0 Å². The molecule has 0 aliphatic carbocycles. The molecule has 0 fully saturated rings. The van der Waals surface area contributed by atoms with Gasteiger partial charge in [0.05, 0.1) is 23.4 Å². The molecule has 1 aliphatic rings. The van der Waals surface area contributed by atoms with Crippen molar-refractivity contribution in [3.63, 3.8) is 0 Å². The van der Waals surface area contributed by atoms with Gasteiger partial charge in [-0.3, -0.25) is 19.3 Å². The number of imidazole rings is 1. The molecule has 1 atom stereocenters. The Morgan fingerprint density at radius 1 is 1.19 bits per heavy atom. The number of amides is 3. The van der Waals surface area contributed by atoms with Gasteiger partial charge in [-0.05, 0) is 31.2 Å². The van der Waals surface area contributed by atoms with E-state index >= 15 is 0 Å². The topological polar surface area (TPSA) is 83.8 Å². The van der Waals surface area contributed by atoms with Crippen molar-refractivity contribution in [2.75, 3.05) is 0 Å². The Morgan fingerprint density at radius 3 is 2.52 bits per heavy atom. The molecule has 3 aromatic rings. The van der Waals surface area contributed by atoms with Crippen molar-refractivity contribution in [2.45, 2.75) is 19.5 Å². The molecule has 3 amide bonds. The van der Waals surface area contributed by atoms with E-state index in [-0.39, 0.29) is 6.54 Å². The number of carbonyl (C=O) groups excluding carboxylic acids is 3. The zero-order valence-electron chi connectivity index (χ0n) is 14.3. The predicted octanol–water partition coefficient (Wildman–Crippen LogP) is 2.29. The van der Waals surface area contributed by atoms with Crippen LogP contribution in [0.2, 0.25) is 5.02 Å². The third-order valence-electron chi connectivity index (χ3n) is 4.51. The minimum absolute atomic E-state index is 0.172. The van der Waals surface area contributed by atoms with Crippen molar-refractivity contribution >= 4 is 35.0 Å². The summed E-state index contributed by atoms with van der Waals surface area (Å²) in [4.78, 5) is 42.8. The lowest BCUT2D eigenvalue weighted by Crippen LogP contribution is -2.47. The number of rotatable bonds is 4. The zero-order chi connectivity index (χ0) is 19.1. The van der Waals surface area contributed by atoms with Gasteiger partial charge in [-0.25, -0.2) is 4.98 Å². The fourth-order valence-electron chi connectivity index (χ4n) is 3.10. The van der Waals surface area contributed by atoms with E-state index < -0.39 is 23.8 Å². The first kappa shape index (κ1) is 17.2. The van der Waals surface area contributed by atoms with Crippen molar-refractivity contribution in [3.05, 3.63) is 70.6 Å². The van der Waals surface area contributed by atoms with Crippen LogP contribution in [0.1, 0.15) is 33.3 Å². The Balaban J connectivity index is 1.46. The van der Waals surface area contributed by atoms with E-state index in [2.05, 4.69) is 10.3 Å². The van der Waals surface area contributed by atoms with Crippen LogP contribution in [0.25, 0.3) is 5.65 Å². The molecule has 7 nitrogen and oxygen atoms in total. The Bertz CT molecular complexity index is 1060. The Hall–Kier alpha value is -3.19.